The summed E-state index contributed by atoms with van der Waals surface area (Å²) in [5, 5.41) is 2.79. The van der Waals surface area contributed by atoms with Crippen LogP contribution in [0.1, 0.15) is 18.9 Å². The van der Waals surface area contributed by atoms with Crippen molar-refractivity contribution < 1.29 is 14.3 Å². The van der Waals surface area contributed by atoms with Crippen molar-refractivity contribution in [2.45, 2.75) is 20.0 Å². The summed E-state index contributed by atoms with van der Waals surface area (Å²) in [5.41, 5.74) is 0.930. The van der Waals surface area contributed by atoms with E-state index in [0.29, 0.717) is 13.1 Å². The Hall–Kier alpha value is -2.04. The minimum Gasteiger partial charge on any atom is -0.443 e. The number of nitrogens with zero attached hydrogens (tertiary/aromatic N) is 2. The van der Waals surface area contributed by atoms with Gasteiger partial charge in [-0.05, 0) is 12.0 Å². The molecule has 0 aromatic heterocycles. The van der Waals surface area contributed by atoms with E-state index in [1.54, 1.807) is 0 Å². The Labute approximate surface area is 106 Å². The maximum absolute atomic E-state index is 11.8. The lowest BCUT2D eigenvalue weighted by molar-refractivity contribution is -0.139. The maximum Gasteiger partial charge on any atom is 0.429 e. The Balaban J connectivity index is 1.90. The van der Waals surface area contributed by atoms with Crippen LogP contribution in [0, 0.1) is 0 Å². The van der Waals surface area contributed by atoms with Gasteiger partial charge in [-0.2, -0.15) is 0 Å². The van der Waals surface area contributed by atoms with Crippen LogP contribution in [-0.4, -0.2) is 35.1 Å². The minimum absolute atomic E-state index is 0.135. The molecule has 0 unspecified atom stereocenters. The molecule has 5 nitrogen and oxygen atoms in total. The molecule has 1 heterocycles. The van der Waals surface area contributed by atoms with Crippen molar-refractivity contribution >= 4 is 12.0 Å². The van der Waals surface area contributed by atoms with E-state index < -0.39 is 6.09 Å². The molecule has 1 aliphatic heterocycles. The SMILES string of the molecule is CC(=O)N1CCCN1C(=O)OCc1ccccc1. The Morgan fingerprint density at radius 1 is 1.17 bits per heavy atom. The van der Waals surface area contributed by atoms with Gasteiger partial charge in [0, 0.05) is 20.0 Å². The van der Waals surface area contributed by atoms with E-state index in [4.69, 9.17) is 4.74 Å². The van der Waals surface area contributed by atoms with Gasteiger partial charge in [-0.1, -0.05) is 30.3 Å². The highest BCUT2D eigenvalue weighted by atomic mass is 16.6. The molecule has 0 N–H and O–H groups in total. The number of hydrogen-bond donors (Lipinski definition) is 0. The number of benzene rings is 1. The van der Waals surface area contributed by atoms with Gasteiger partial charge in [-0.15, -0.1) is 0 Å². The Kier molecular flexibility index (Phi) is 3.82. The largest absolute Gasteiger partial charge is 0.443 e. The third-order valence-corrected chi connectivity index (χ3v) is 2.81. The Morgan fingerprint density at radius 3 is 2.50 bits per heavy atom. The van der Waals surface area contributed by atoms with Gasteiger partial charge < -0.3 is 4.74 Å². The molecule has 0 aliphatic carbocycles. The summed E-state index contributed by atoms with van der Waals surface area (Å²) in [6.07, 6.45) is 0.326. The molecule has 1 aromatic rings. The maximum atomic E-state index is 11.8. The topological polar surface area (TPSA) is 49.9 Å². The van der Waals surface area contributed by atoms with Crippen LogP contribution in [0.25, 0.3) is 0 Å². The first kappa shape index (κ1) is 12.4. The fourth-order valence-electron chi connectivity index (χ4n) is 1.92. The van der Waals surface area contributed by atoms with Crippen molar-refractivity contribution in [1.82, 2.24) is 10.0 Å². The number of hydrogen-bond acceptors (Lipinski definition) is 3. The zero-order chi connectivity index (χ0) is 13.0. The number of carbonyl (C=O) groups excluding carboxylic acids is 2. The standard InChI is InChI=1S/C13H16N2O3/c1-11(16)14-8-5-9-15(14)13(17)18-10-12-6-3-2-4-7-12/h2-4,6-7H,5,8-10H2,1H3. The molecular weight excluding hydrogens is 232 g/mol. The normalized spacial score (nSPS) is 14.7. The third kappa shape index (κ3) is 2.80. The molecule has 1 saturated heterocycles. The Bertz CT molecular complexity index is 433. The molecule has 96 valence electrons. The van der Waals surface area contributed by atoms with Crippen molar-refractivity contribution in [2.75, 3.05) is 13.1 Å². The number of hydrazine groups is 1. The number of ether oxygens (including phenoxy) is 1. The van der Waals surface area contributed by atoms with Crippen molar-refractivity contribution in [1.29, 1.82) is 0 Å². The lowest BCUT2D eigenvalue weighted by atomic mass is 10.2. The van der Waals surface area contributed by atoms with Gasteiger partial charge in [-0.3, -0.25) is 4.79 Å². The molecule has 0 atom stereocenters. The van der Waals surface area contributed by atoms with Gasteiger partial charge in [0.2, 0.25) is 5.91 Å². The summed E-state index contributed by atoms with van der Waals surface area (Å²) in [4.78, 5) is 23.2. The van der Waals surface area contributed by atoms with Crippen molar-refractivity contribution in [3.63, 3.8) is 0 Å². The highest BCUT2D eigenvalue weighted by Crippen LogP contribution is 2.13. The summed E-state index contributed by atoms with van der Waals surface area (Å²) in [5.74, 6) is -0.135. The highest BCUT2D eigenvalue weighted by Gasteiger charge is 2.29. The van der Waals surface area contributed by atoms with Crippen LogP contribution in [0.15, 0.2) is 30.3 Å². The van der Waals surface area contributed by atoms with E-state index in [9.17, 15) is 9.59 Å². The van der Waals surface area contributed by atoms with Crippen LogP contribution in [0.3, 0.4) is 0 Å². The number of carbonyl (C=O) groups is 2. The first-order valence-electron chi connectivity index (χ1n) is 5.94. The van der Waals surface area contributed by atoms with Gasteiger partial charge in [0.1, 0.15) is 6.61 Å². The van der Waals surface area contributed by atoms with Gasteiger partial charge >= 0.3 is 6.09 Å². The van der Waals surface area contributed by atoms with Crippen LogP contribution >= 0.6 is 0 Å². The van der Waals surface area contributed by atoms with Crippen molar-refractivity contribution in [3.05, 3.63) is 35.9 Å². The summed E-state index contributed by atoms with van der Waals surface area (Å²) < 4.78 is 5.19. The van der Waals surface area contributed by atoms with E-state index in [2.05, 4.69) is 0 Å². The number of rotatable bonds is 2. The average molecular weight is 248 g/mol. The van der Waals surface area contributed by atoms with Crippen LogP contribution in [0.4, 0.5) is 4.79 Å². The first-order valence-corrected chi connectivity index (χ1v) is 5.94. The fraction of sp³-hybridized carbons (Fsp3) is 0.385. The second kappa shape index (κ2) is 5.53. The first-order chi connectivity index (χ1) is 8.68. The van der Waals surface area contributed by atoms with E-state index >= 15 is 0 Å². The minimum atomic E-state index is -0.466. The molecule has 0 spiro atoms. The van der Waals surface area contributed by atoms with E-state index in [-0.39, 0.29) is 12.5 Å². The number of amides is 2. The smallest absolute Gasteiger partial charge is 0.429 e. The third-order valence-electron chi connectivity index (χ3n) is 2.81. The van der Waals surface area contributed by atoms with E-state index in [1.165, 1.54) is 16.9 Å². The summed E-state index contributed by atoms with van der Waals surface area (Å²) in [6, 6.07) is 9.46. The molecule has 2 amide bonds. The molecule has 1 aromatic carbocycles. The van der Waals surface area contributed by atoms with Gasteiger partial charge in [-0.25, -0.2) is 14.8 Å². The molecule has 1 aliphatic rings. The van der Waals surface area contributed by atoms with E-state index in [0.717, 1.165) is 12.0 Å². The molecule has 0 saturated carbocycles. The predicted octanol–water partition coefficient (Wildman–Crippen LogP) is 1.79. The average Bonchev–Trinajstić information content (AvgIpc) is 2.86. The van der Waals surface area contributed by atoms with Crippen LogP contribution in [0.2, 0.25) is 0 Å². The zero-order valence-electron chi connectivity index (χ0n) is 10.3. The van der Waals surface area contributed by atoms with Crippen molar-refractivity contribution in [3.8, 4) is 0 Å². The monoisotopic (exact) mass is 248 g/mol. The lowest BCUT2D eigenvalue weighted by Crippen LogP contribution is -2.43. The molecule has 0 bridgehead atoms. The van der Waals surface area contributed by atoms with E-state index in [1.807, 2.05) is 30.3 Å². The van der Waals surface area contributed by atoms with Gasteiger partial charge in [0.25, 0.3) is 0 Å². The molecular formula is C13H16N2O3. The molecule has 2 rings (SSSR count). The second-order valence-corrected chi connectivity index (χ2v) is 4.16. The molecule has 18 heavy (non-hydrogen) atoms. The second-order valence-electron chi connectivity index (χ2n) is 4.16. The van der Waals surface area contributed by atoms with Crippen LogP contribution < -0.4 is 0 Å². The highest BCUT2D eigenvalue weighted by molar-refractivity contribution is 5.77. The molecule has 1 fully saturated rings. The predicted molar refractivity (Wildman–Crippen MR) is 65.3 cm³/mol. The zero-order valence-corrected chi connectivity index (χ0v) is 10.3. The summed E-state index contributed by atoms with van der Waals surface area (Å²) in [7, 11) is 0. The summed E-state index contributed by atoms with van der Waals surface area (Å²) >= 11 is 0. The summed E-state index contributed by atoms with van der Waals surface area (Å²) in [6.45, 7) is 2.79. The lowest BCUT2D eigenvalue weighted by Gasteiger charge is -2.25. The van der Waals surface area contributed by atoms with Crippen molar-refractivity contribution in [2.24, 2.45) is 0 Å². The molecule has 0 radical (unpaired) electrons. The quantitative estimate of drug-likeness (QED) is 0.801. The van der Waals surface area contributed by atoms with Crippen LogP contribution in [0.5, 0.6) is 0 Å². The Morgan fingerprint density at radius 2 is 1.83 bits per heavy atom. The van der Waals surface area contributed by atoms with Gasteiger partial charge in [0.05, 0.1) is 0 Å². The molecule has 5 heteroatoms. The fourth-order valence-corrected chi connectivity index (χ4v) is 1.92. The van der Waals surface area contributed by atoms with Gasteiger partial charge in [0.15, 0.2) is 0 Å². The van der Waals surface area contributed by atoms with Crippen LogP contribution in [-0.2, 0) is 16.1 Å².